The topological polar surface area (TPSA) is 37.8 Å². The third-order valence-corrected chi connectivity index (χ3v) is 4.87. The number of hydrogen-bond acceptors (Lipinski definition) is 4. The lowest BCUT2D eigenvalue weighted by Crippen LogP contribution is -2.18. The number of rotatable bonds is 3. The minimum atomic E-state index is -0.125. The molecule has 0 unspecified atom stereocenters. The second-order valence-corrected chi connectivity index (χ2v) is 7.92. The fraction of sp³-hybridized carbons (Fsp3) is 0.429. The molecule has 0 radical (unpaired) electrons. The highest BCUT2D eigenvalue weighted by Gasteiger charge is 2.20. The van der Waals surface area contributed by atoms with E-state index in [-0.39, 0.29) is 5.41 Å². The molecular formula is C14H17BrClN3S. The second-order valence-electron chi connectivity index (χ2n) is 5.65. The Morgan fingerprint density at radius 2 is 2.05 bits per heavy atom. The van der Waals surface area contributed by atoms with Gasteiger partial charge in [0.25, 0.3) is 0 Å². The van der Waals surface area contributed by atoms with Gasteiger partial charge in [0.1, 0.15) is 16.8 Å². The molecule has 3 nitrogen and oxygen atoms in total. The third-order valence-electron chi connectivity index (χ3n) is 2.81. The number of nitrogens with one attached hydrogen (secondary N) is 1. The quantitative estimate of drug-likeness (QED) is 0.753. The summed E-state index contributed by atoms with van der Waals surface area (Å²) < 4.78 is 1.10. The molecule has 108 valence electrons. The summed E-state index contributed by atoms with van der Waals surface area (Å²) in [6, 6.07) is 2.10. The van der Waals surface area contributed by atoms with Crippen molar-refractivity contribution in [1.82, 2.24) is 9.97 Å². The summed E-state index contributed by atoms with van der Waals surface area (Å²) in [5.41, 5.74) is 0.759. The van der Waals surface area contributed by atoms with Gasteiger partial charge >= 0.3 is 0 Å². The van der Waals surface area contributed by atoms with Crippen LogP contribution in [0.1, 0.15) is 37.0 Å². The molecule has 2 heterocycles. The van der Waals surface area contributed by atoms with Crippen LogP contribution < -0.4 is 5.32 Å². The molecule has 0 atom stereocenters. The van der Waals surface area contributed by atoms with E-state index in [4.69, 9.17) is 11.6 Å². The molecule has 0 saturated carbocycles. The van der Waals surface area contributed by atoms with Crippen molar-refractivity contribution in [3.63, 3.8) is 0 Å². The molecule has 0 fully saturated rings. The lowest BCUT2D eigenvalue weighted by molar-refractivity contribution is 0.545. The van der Waals surface area contributed by atoms with E-state index in [1.165, 1.54) is 4.88 Å². The van der Waals surface area contributed by atoms with E-state index in [0.29, 0.717) is 5.15 Å². The number of halogens is 2. The molecular weight excluding hydrogens is 358 g/mol. The molecule has 0 bridgehead atoms. The molecule has 0 amide bonds. The Hall–Kier alpha value is -0.650. The Balaban J connectivity index is 2.24. The summed E-state index contributed by atoms with van der Waals surface area (Å²) in [5, 5.41) is 5.93. The first-order chi connectivity index (χ1) is 9.27. The first-order valence-corrected chi connectivity index (χ1v) is 8.34. The highest BCUT2D eigenvalue weighted by molar-refractivity contribution is 9.10. The summed E-state index contributed by atoms with van der Waals surface area (Å²) >= 11 is 11.4. The number of aromatic nitrogens is 2. The van der Waals surface area contributed by atoms with Crippen LogP contribution in [0.3, 0.4) is 0 Å². The normalized spacial score (nSPS) is 11.7. The van der Waals surface area contributed by atoms with Crippen LogP contribution in [0.5, 0.6) is 0 Å². The maximum Gasteiger partial charge on any atom is 0.137 e. The van der Waals surface area contributed by atoms with Crippen molar-refractivity contribution in [2.24, 2.45) is 0 Å². The van der Waals surface area contributed by atoms with Crippen molar-refractivity contribution in [2.75, 3.05) is 5.32 Å². The lowest BCUT2D eigenvalue weighted by Gasteiger charge is -2.19. The fourth-order valence-electron chi connectivity index (χ4n) is 1.61. The molecule has 0 aliphatic carbocycles. The third kappa shape index (κ3) is 3.71. The summed E-state index contributed by atoms with van der Waals surface area (Å²) in [7, 11) is 0. The van der Waals surface area contributed by atoms with E-state index in [9.17, 15) is 0 Å². The van der Waals surface area contributed by atoms with Crippen LogP contribution >= 0.6 is 38.9 Å². The maximum absolute atomic E-state index is 6.21. The molecule has 0 spiro atoms. The Kier molecular flexibility index (Phi) is 4.72. The van der Waals surface area contributed by atoms with Gasteiger partial charge in [-0.05, 0) is 28.9 Å². The Labute approximate surface area is 136 Å². The maximum atomic E-state index is 6.21. The standard InChI is InChI=1S/C14H17BrClN3S/c1-8-11(16)18-13(14(2,3)4)19-12(8)17-6-10-5-9(15)7-20-10/h5,7H,6H2,1-4H3,(H,17,18,19). The summed E-state index contributed by atoms with van der Waals surface area (Å²) in [5.74, 6) is 1.56. The monoisotopic (exact) mass is 373 g/mol. The van der Waals surface area contributed by atoms with Gasteiger partial charge in [0.15, 0.2) is 0 Å². The summed E-state index contributed by atoms with van der Waals surface area (Å²) in [4.78, 5) is 10.2. The molecule has 0 aliphatic rings. The van der Waals surface area contributed by atoms with Crippen molar-refractivity contribution in [1.29, 1.82) is 0 Å². The van der Waals surface area contributed by atoms with E-state index in [0.717, 1.165) is 28.2 Å². The predicted molar refractivity (Wildman–Crippen MR) is 89.8 cm³/mol. The van der Waals surface area contributed by atoms with Gasteiger partial charge in [-0.15, -0.1) is 11.3 Å². The molecule has 6 heteroatoms. The van der Waals surface area contributed by atoms with Gasteiger partial charge in [-0.25, -0.2) is 9.97 Å². The van der Waals surface area contributed by atoms with E-state index >= 15 is 0 Å². The van der Waals surface area contributed by atoms with Crippen molar-refractivity contribution in [3.8, 4) is 0 Å². The average molecular weight is 375 g/mol. The van der Waals surface area contributed by atoms with E-state index in [1.807, 2.05) is 6.92 Å². The van der Waals surface area contributed by atoms with Gasteiger partial charge in [-0.2, -0.15) is 0 Å². The predicted octanol–water partition coefficient (Wildman–Crippen LogP) is 5.17. The largest absolute Gasteiger partial charge is 0.365 e. The summed E-state index contributed by atoms with van der Waals surface area (Å²) in [6.45, 7) is 8.89. The Morgan fingerprint density at radius 3 is 2.60 bits per heavy atom. The van der Waals surface area contributed by atoms with E-state index < -0.39 is 0 Å². The number of thiophene rings is 1. The molecule has 1 N–H and O–H groups in total. The highest BCUT2D eigenvalue weighted by Crippen LogP contribution is 2.27. The average Bonchev–Trinajstić information content (AvgIpc) is 2.75. The van der Waals surface area contributed by atoms with Crippen LogP contribution in [0.4, 0.5) is 5.82 Å². The van der Waals surface area contributed by atoms with Crippen LogP contribution in [0.2, 0.25) is 5.15 Å². The van der Waals surface area contributed by atoms with Crippen LogP contribution in [0, 0.1) is 6.92 Å². The van der Waals surface area contributed by atoms with Gasteiger partial charge < -0.3 is 5.32 Å². The van der Waals surface area contributed by atoms with Gasteiger partial charge in [0.05, 0.1) is 6.54 Å². The minimum Gasteiger partial charge on any atom is -0.365 e. The first-order valence-electron chi connectivity index (χ1n) is 6.29. The van der Waals surface area contributed by atoms with Crippen molar-refractivity contribution in [2.45, 2.75) is 39.7 Å². The fourth-order valence-corrected chi connectivity index (χ4v) is 3.17. The highest BCUT2D eigenvalue weighted by atomic mass is 79.9. The van der Waals surface area contributed by atoms with Crippen LogP contribution in [0.15, 0.2) is 15.9 Å². The zero-order valence-electron chi connectivity index (χ0n) is 11.9. The Morgan fingerprint density at radius 1 is 1.35 bits per heavy atom. The van der Waals surface area contributed by atoms with Crippen molar-refractivity contribution in [3.05, 3.63) is 37.3 Å². The van der Waals surface area contributed by atoms with Crippen LogP contribution in [0.25, 0.3) is 0 Å². The zero-order valence-corrected chi connectivity index (χ0v) is 15.1. The number of anilines is 1. The van der Waals surface area contributed by atoms with Crippen molar-refractivity contribution < 1.29 is 0 Å². The second kappa shape index (κ2) is 6.00. The van der Waals surface area contributed by atoms with Gasteiger partial charge in [0, 0.05) is 25.7 Å². The van der Waals surface area contributed by atoms with Gasteiger partial charge in [0.2, 0.25) is 0 Å². The van der Waals surface area contributed by atoms with E-state index in [1.54, 1.807) is 11.3 Å². The number of hydrogen-bond donors (Lipinski definition) is 1. The van der Waals surface area contributed by atoms with E-state index in [2.05, 4.69) is 63.4 Å². The summed E-state index contributed by atoms with van der Waals surface area (Å²) in [6.07, 6.45) is 0. The van der Waals surface area contributed by atoms with Crippen LogP contribution in [-0.2, 0) is 12.0 Å². The van der Waals surface area contributed by atoms with Gasteiger partial charge in [-0.1, -0.05) is 32.4 Å². The Bertz CT molecular complexity index is 619. The molecule has 2 rings (SSSR count). The minimum absolute atomic E-state index is 0.125. The first kappa shape index (κ1) is 15.7. The SMILES string of the molecule is Cc1c(Cl)nc(C(C)(C)C)nc1NCc1cc(Br)cs1. The molecule has 2 aromatic rings. The molecule has 0 aliphatic heterocycles. The van der Waals surface area contributed by atoms with Crippen LogP contribution in [-0.4, -0.2) is 9.97 Å². The number of nitrogens with zero attached hydrogens (tertiary/aromatic N) is 2. The van der Waals surface area contributed by atoms with Gasteiger partial charge in [-0.3, -0.25) is 0 Å². The lowest BCUT2D eigenvalue weighted by atomic mass is 9.95. The zero-order chi connectivity index (χ0) is 14.9. The smallest absolute Gasteiger partial charge is 0.137 e. The molecule has 20 heavy (non-hydrogen) atoms. The van der Waals surface area contributed by atoms with Crippen molar-refractivity contribution >= 4 is 44.7 Å². The molecule has 2 aromatic heterocycles. The molecule has 0 aromatic carbocycles. The molecule has 0 saturated heterocycles.